The molecule has 1 aliphatic heterocycles. The van der Waals surface area contributed by atoms with Gasteiger partial charge in [-0.3, -0.25) is 19.3 Å². The van der Waals surface area contributed by atoms with Crippen LogP contribution in [0.5, 0.6) is 0 Å². The molecule has 0 aliphatic carbocycles. The van der Waals surface area contributed by atoms with Gasteiger partial charge in [0, 0.05) is 6.04 Å². The lowest BCUT2D eigenvalue weighted by Crippen LogP contribution is -2.49. The first kappa shape index (κ1) is 17.9. The second kappa shape index (κ2) is 7.52. The van der Waals surface area contributed by atoms with E-state index in [9.17, 15) is 14.4 Å². The summed E-state index contributed by atoms with van der Waals surface area (Å²) in [6.07, 6.45) is 1.63. The van der Waals surface area contributed by atoms with E-state index in [1.54, 1.807) is 31.2 Å². The SMILES string of the molecule is CC(CCc1ccccc1)NC(=O)C(C)N1C(=O)c2ccccc2C1=O. The third-order valence-corrected chi connectivity index (χ3v) is 4.69. The van der Waals surface area contributed by atoms with Crippen LogP contribution in [0, 0.1) is 0 Å². The predicted molar refractivity (Wildman–Crippen MR) is 98.8 cm³/mol. The average Bonchev–Trinajstić information content (AvgIpc) is 2.91. The highest BCUT2D eigenvalue weighted by Gasteiger charge is 2.40. The highest BCUT2D eigenvalue weighted by molar-refractivity contribution is 6.22. The van der Waals surface area contributed by atoms with Gasteiger partial charge < -0.3 is 5.32 Å². The number of hydrogen-bond donors (Lipinski definition) is 1. The molecular formula is C21H22N2O3. The van der Waals surface area contributed by atoms with Crippen molar-refractivity contribution in [2.24, 2.45) is 0 Å². The van der Waals surface area contributed by atoms with Gasteiger partial charge in [-0.2, -0.15) is 0 Å². The third kappa shape index (κ3) is 3.52. The number of amides is 3. The Balaban J connectivity index is 1.60. The fraction of sp³-hybridized carbons (Fsp3) is 0.286. The van der Waals surface area contributed by atoms with Crippen LogP contribution in [-0.4, -0.2) is 34.7 Å². The fourth-order valence-electron chi connectivity index (χ4n) is 3.14. The van der Waals surface area contributed by atoms with Crippen molar-refractivity contribution in [3.63, 3.8) is 0 Å². The maximum absolute atomic E-state index is 12.5. The van der Waals surface area contributed by atoms with Crippen LogP contribution in [-0.2, 0) is 11.2 Å². The molecular weight excluding hydrogens is 328 g/mol. The van der Waals surface area contributed by atoms with Crippen LogP contribution in [0.25, 0.3) is 0 Å². The summed E-state index contributed by atoms with van der Waals surface area (Å²) in [5.74, 6) is -1.14. The number of benzene rings is 2. The molecule has 0 fully saturated rings. The van der Waals surface area contributed by atoms with Gasteiger partial charge in [0.2, 0.25) is 5.91 Å². The Morgan fingerprint density at radius 1 is 0.923 bits per heavy atom. The van der Waals surface area contributed by atoms with Crippen molar-refractivity contribution in [2.75, 3.05) is 0 Å². The van der Waals surface area contributed by atoms with Gasteiger partial charge in [0.15, 0.2) is 0 Å². The third-order valence-electron chi connectivity index (χ3n) is 4.69. The molecule has 0 spiro atoms. The van der Waals surface area contributed by atoms with Crippen molar-refractivity contribution in [1.29, 1.82) is 0 Å². The molecule has 0 aromatic heterocycles. The smallest absolute Gasteiger partial charge is 0.262 e. The minimum atomic E-state index is -0.846. The second-order valence-corrected chi connectivity index (χ2v) is 6.64. The Kier molecular flexibility index (Phi) is 5.16. The molecule has 3 amide bonds. The monoisotopic (exact) mass is 350 g/mol. The number of nitrogens with zero attached hydrogens (tertiary/aromatic N) is 1. The lowest BCUT2D eigenvalue weighted by Gasteiger charge is -2.24. The van der Waals surface area contributed by atoms with E-state index in [4.69, 9.17) is 0 Å². The van der Waals surface area contributed by atoms with Gasteiger partial charge >= 0.3 is 0 Å². The number of rotatable bonds is 6. The van der Waals surface area contributed by atoms with Crippen molar-refractivity contribution in [3.05, 3.63) is 71.3 Å². The molecule has 3 rings (SSSR count). The highest BCUT2D eigenvalue weighted by Crippen LogP contribution is 2.24. The molecule has 2 aromatic rings. The Hall–Kier alpha value is -2.95. The summed E-state index contributed by atoms with van der Waals surface area (Å²) < 4.78 is 0. The zero-order chi connectivity index (χ0) is 18.7. The summed E-state index contributed by atoms with van der Waals surface area (Å²) in [6.45, 7) is 3.51. The minimum absolute atomic E-state index is 0.0552. The van der Waals surface area contributed by atoms with Gasteiger partial charge in [-0.05, 0) is 44.4 Å². The lowest BCUT2D eigenvalue weighted by atomic mass is 10.1. The van der Waals surface area contributed by atoms with Crippen LogP contribution in [0.1, 0.15) is 46.5 Å². The first-order chi connectivity index (χ1) is 12.5. The number of aryl methyl sites for hydroxylation is 1. The number of nitrogens with one attached hydrogen (secondary N) is 1. The minimum Gasteiger partial charge on any atom is -0.352 e. The second-order valence-electron chi connectivity index (χ2n) is 6.64. The van der Waals surface area contributed by atoms with Gasteiger partial charge in [-0.1, -0.05) is 42.5 Å². The molecule has 0 radical (unpaired) electrons. The summed E-state index contributed by atoms with van der Waals surface area (Å²) in [4.78, 5) is 38.5. The lowest BCUT2D eigenvalue weighted by molar-refractivity contribution is -0.125. The van der Waals surface area contributed by atoms with Crippen molar-refractivity contribution in [1.82, 2.24) is 10.2 Å². The molecule has 0 saturated heterocycles. The number of imide groups is 1. The first-order valence-electron chi connectivity index (χ1n) is 8.80. The first-order valence-corrected chi connectivity index (χ1v) is 8.80. The quantitative estimate of drug-likeness (QED) is 0.815. The number of carbonyl (C=O) groups is 3. The Bertz CT molecular complexity index is 797. The maximum Gasteiger partial charge on any atom is 0.262 e. The standard InChI is InChI=1S/C21H22N2O3/c1-14(12-13-16-8-4-3-5-9-16)22-19(24)15(2)23-20(25)17-10-6-7-11-18(17)21(23)26/h3-11,14-15H,12-13H2,1-2H3,(H,22,24). The van der Waals surface area contributed by atoms with Gasteiger partial charge in [0.05, 0.1) is 11.1 Å². The number of fused-ring (bicyclic) bond motifs is 1. The van der Waals surface area contributed by atoms with E-state index in [-0.39, 0.29) is 11.9 Å². The van der Waals surface area contributed by atoms with Crippen LogP contribution in [0.3, 0.4) is 0 Å². The van der Waals surface area contributed by atoms with Crippen LogP contribution < -0.4 is 5.32 Å². The van der Waals surface area contributed by atoms with Gasteiger partial charge in [0.1, 0.15) is 6.04 Å². The molecule has 1 N–H and O–H groups in total. The van der Waals surface area contributed by atoms with E-state index in [0.29, 0.717) is 11.1 Å². The van der Waals surface area contributed by atoms with E-state index in [1.165, 1.54) is 5.56 Å². The zero-order valence-electron chi connectivity index (χ0n) is 14.9. The summed E-state index contributed by atoms with van der Waals surface area (Å²) in [6, 6.07) is 15.8. The molecule has 5 heteroatoms. The van der Waals surface area contributed by atoms with Crippen LogP contribution >= 0.6 is 0 Å². The molecule has 1 aliphatic rings. The van der Waals surface area contributed by atoms with Crippen molar-refractivity contribution >= 4 is 17.7 Å². The van der Waals surface area contributed by atoms with Crippen molar-refractivity contribution in [2.45, 2.75) is 38.8 Å². The Labute approximate surface area is 153 Å². The normalized spacial score (nSPS) is 15.5. The maximum atomic E-state index is 12.5. The van der Waals surface area contributed by atoms with Crippen LogP contribution in [0.2, 0.25) is 0 Å². The van der Waals surface area contributed by atoms with E-state index in [1.807, 2.05) is 25.1 Å². The highest BCUT2D eigenvalue weighted by atomic mass is 16.2. The number of hydrogen-bond acceptors (Lipinski definition) is 3. The van der Waals surface area contributed by atoms with E-state index < -0.39 is 17.9 Å². The van der Waals surface area contributed by atoms with Crippen molar-refractivity contribution < 1.29 is 14.4 Å². The van der Waals surface area contributed by atoms with Gasteiger partial charge in [-0.15, -0.1) is 0 Å². The predicted octanol–water partition coefficient (Wildman–Crippen LogP) is 2.81. The summed E-state index contributed by atoms with van der Waals surface area (Å²) in [7, 11) is 0. The molecule has 2 unspecified atom stereocenters. The van der Waals surface area contributed by atoms with E-state index in [2.05, 4.69) is 17.4 Å². The largest absolute Gasteiger partial charge is 0.352 e. The molecule has 0 saturated carbocycles. The Morgan fingerprint density at radius 3 is 2.04 bits per heavy atom. The zero-order valence-corrected chi connectivity index (χ0v) is 14.9. The average molecular weight is 350 g/mol. The fourth-order valence-corrected chi connectivity index (χ4v) is 3.14. The molecule has 134 valence electrons. The summed E-state index contributed by atoms with van der Waals surface area (Å²) >= 11 is 0. The molecule has 1 heterocycles. The van der Waals surface area contributed by atoms with Gasteiger partial charge in [-0.25, -0.2) is 0 Å². The topological polar surface area (TPSA) is 66.5 Å². The summed E-state index contributed by atoms with van der Waals surface area (Å²) in [5, 5.41) is 2.91. The number of carbonyl (C=O) groups excluding carboxylic acids is 3. The molecule has 26 heavy (non-hydrogen) atoms. The Morgan fingerprint density at radius 2 is 1.46 bits per heavy atom. The molecule has 2 aromatic carbocycles. The van der Waals surface area contributed by atoms with Crippen LogP contribution in [0.4, 0.5) is 0 Å². The van der Waals surface area contributed by atoms with Crippen molar-refractivity contribution in [3.8, 4) is 0 Å². The van der Waals surface area contributed by atoms with E-state index >= 15 is 0 Å². The summed E-state index contributed by atoms with van der Waals surface area (Å²) in [5.41, 5.74) is 1.92. The molecule has 0 bridgehead atoms. The van der Waals surface area contributed by atoms with E-state index in [0.717, 1.165) is 17.7 Å². The van der Waals surface area contributed by atoms with Gasteiger partial charge in [0.25, 0.3) is 11.8 Å². The molecule has 5 nitrogen and oxygen atoms in total. The molecule has 2 atom stereocenters. The van der Waals surface area contributed by atoms with Crippen LogP contribution in [0.15, 0.2) is 54.6 Å².